The monoisotopic (exact) mass is 308 g/mol. The Labute approximate surface area is 128 Å². The maximum atomic E-state index is 12.2. The van der Waals surface area contributed by atoms with Crippen molar-refractivity contribution in [1.82, 2.24) is 5.32 Å². The molecule has 0 spiro atoms. The first kappa shape index (κ1) is 15.8. The van der Waals surface area contributed by atoms with Crippen LogP contribution in [0.3, 0.4) is 0 Å². The van der Waals surface area contributed by atoms with E-state index < -0.39 is 4.92 Å². The molecule has 1 N–H and O–H groups in total. The van der Waals surface area contributed by atoms with Gasteiger partial charge in [-0.05, 0) is 18.6 Å². The van der Waals surface area contributed by atoms with Crippen molar-refractivity contribution in [2.75, 3.05) is 5.75 Å². The van der Waals surface area contributed by atoms with Gasteiger partial charge in [-0.2, -0.15) is 11.8 Å². The number of nitro groups is 1. The second-order valence-electron chi connectivity index (χ2n) is 5.16. The molecular formula is C15H20N2O3S. The van der Waals surface area contributed by atoms with Crippen molar-refractivity contribution in [3.8, 4) is 0 Å². The standard InChI is InChI=1S/C15H20N2O3S/c1-2-21-14-9-5-7-12(14)16-15(18)10-11-6-3-4-8-13(11)17(19)20/h3-4,6,8,12,14H,2,5,7,9-10H2,1H3,(H,16,18)/t12-,14-/m1/s1. The molecule has 6 heteroatoms. The topological polar surface area (TPSA) is 72.2 Å². The lowest BCUT2D eigenvalue weighted by atomic mass is 10.1. The summed E-state index contributed by atoms with van der Waals surface area (Å²) in [7, 11) is 0. The first-order valence-electron chi connectivity index (χ1n) is 7.25. The van der Waals surface area contributed by atoms with E-state index in [4.69, 9.17) is 0 Å². The third-order valence-corrected chi connectivity index (χ3v) is 5.04. The predicted octanol–water partition coefficient (Wildman–Crippen LogP) is 2.93. The van der Waals surface area contributed by atoms with Crippen LogP contribution in [0.15, 0.2) is 24.3 Å². The van der Waals surface area contributed by atoms with Crippen LogP contribution in [0.4, 0.5) is 5.69 Å². The molecule has 0 aromatic heterocycles. The molecule has 1 aliphatic carbocycles. The van der Waals surface area contributed by atoms with Gasteiger partial charge in [0.2, 0.25) is 5.91 Å². The average molecular weight is 308 g/mol. The van der Waals surface area contributed by atoms with Gasteiger partial charge in [-0.1, -0.05) is 31.5 Å². The van der Waals surface area contributed by atoms with E-state index in [1.54, 1.807) is 18.2 Å². The van der Waals surface area contributed by atoms with Crippen LogP contribution >= 0.6 is 11.8 Å². The number of hydrogen-bond donors (Lipinski definition) is 1. The molecule has 0 heterocycles. The number of carbonyl (C=O) groups excluding carboxylic acids is 1. The third-order valence-electron chi connectivity index (χ3n) is 3.72. The summed E-state index contributed by atoms with van der Waals surface area (Å²) in [5, 5.41) is 14.5. The molecule has 1 aromatic carbocycles. The van der Waals surface area contributed by atoms with Gasteiger partial charge in [0.25, 0.3) is 5.69 Å². The number of amides is 1. The summed E-state index contributed by atoms with van der Waals surface area (Å²) in [6.07, 6.45) is 3.33. The molecule has 5 nitrogen and oxygen atoms in total. The molecule has 1 fully saturated rings. The molecule has 2 rings (SSSR count). The Bertz CT molecular complexity index is 521. The second-order valence-corrected chi connectivity index (χ2v) is 6.68. The van der Waals surface area contributed by atoms with Crippen molar-refractivity contribution in [3.63, 3.8) is 0 Å². The van der Waals surface area contributed by atoms with Crippen molar-refractivity contribution in [2.24, 2.45) is 0 Å². The van der Waals surface area contributed by atoms with Crippen LogP contribution in [0.25, 0.3) is 0 Å². The van der Waals surface area contributed by atoms with Crippen molar-refractivity contribution in [1.29, 1.82) is 0 Å². The summed E-state index contributed by atoms with van der Waals surface area (Å²) in [6, 6.07) is 6.62. The molecule has 114 valence electrons. The summed E-state index contributed by atoms with van der Waals surface area (Å²) in [5.74, 6) is 0.916. The molecule has 21 heavy (non-hydrogen) atoms. The lowest BCUT2D eigenvalue weighted by molar-refractivity contribution is -0.385. The number of nitrogens with zero attached hydrogens (tertiary/aromatic N) is 1. The summed E-state index contributed by atoms with van der Waals surface area (Å²) >= 11 is 1.88. The summed E-state index contributed by atoms with van der Waals surface area (Å²) in [6.45, 7) is 2.12. The van der Waals surface area contributed by atoms with E-state index in [-0.39, 0.29) is 24.1 Å². The van der Waals surface area contributed by atoms with Crippen LogP contribution in [0.1, 0.15) is 31.7 Å². The van der Waals surface area contributed by atoms with Gasteiger partial charge in [0.15, 0.2) is 0 Å². The quantitative estimate of drug-likeness (QED) is 0.648. The highest BCUT2D eigenvalue weighted by atomic mass is 32.2. The summed E-state index contributed by atoms with van der Waals surface area (Å²) < 4.78 is 0. The van der Waals surface area contributed by atoms with Gasteiger partial charge in [-0.15, -0.1) is 0 Å². The van der Waals surface area contributed by atoms with Gasteiger partial charge < -0.3 is 5.32 Å². The number of nitro benzene ring substituents is 1. The van der Waals surface area contributed by atoms with Crippen molar-refractivity contribution in [3.05, 3.63) is 39.9 Å². The van der Waals surface area contributed by atoms with Crippen molar-refractivity contribution >= 4 is 23.4 Å². The van der Waals surface area contributed by atoms with Crippen LogP contribution in [0.5, 0.6) is 0 Å². The average Bonchev–Trinajstić information content (AvgIpc) is 2.86. The van der Waals surface area contributed by atoms with Crippen LogP contribution < -0.4 is 5.32 Å². The molecule has 0 aliphatic heterocycles. The van der Waals surface area contributed by atoms with Crippen molar-refractivity contribution in [2.45, 2.75) is 43.9 Å². The van der Waals surface area contributed by atoms with Gasteiger partial charge in [-0.3, -0.25) is 14.9 Å². The fourth-order valence-electron chi connectivity index (χ4n) is 2.77. The van der Waals surface area contributed by atoms with E-state index in [1.165, 1.54) is 6.07 Å². The Balaban J connectivity index is 1.97. The Morgan fingerprint density at radius 2 is 2.19 bits per heavy atom. The van der Waals surface area contributed by atoms with Crippen LogP contribution in [0, 0.1) is 10.1 Å². The molecule has 1 saturated carbocycles. The van der Waals surface area contributed by atoms with E-state index in [9.17, 15) is 14.9 Å². The zero-order valence-corrected chi connectivity index (χ0v) is 12.9. The highest BCUT2D eigenvalue weighted by Gasteiger charge is 2.28. The molecule has 0 bridgehead atoms. The highest BCUT2D eigenvalue weighted by molar-refractivity contribution is 7.99. The van der Waals surface area contributed by atoms with Gasteiger partial charge in [-0.25, -0.2) is 0 Å². The normalized spacial score (nSPS) is 21.2. The molecule has 1 amide bonds. The predicted molar refractivity (Wildman–Crippen MR) is 84.5 cm³/mol. The smallest absolute Gasteiger partial charge is 0.273 e. The zero-order chi connectivity index (χ0) is 15.2. The minimum atomic E-state index is -0.437. The van der Waals surface area contributed by atoms with E-state index in [2.05, 4.69) is 12.2 Å². The number of rotatable bonds is 6. The first-order chi connectivity index (χ1) is 10.1. The number of hydrogen-bond acceptors (Lipinski definition) is 4. The maximum absolute atomic E-state index is 12.2. The van der Waals surface area contributed by atoms with Gasteiger partial charge in [0.05, 0.1) is 11.3 Å². The Morgan fingerprint density at radius 1 is 1.43 bits per heavy atom. The minimum Gasteiger partial charge on any atom is -0.352 e. The number of benzene rings is 1. The molecule has 1 aliphatic rings. The zero-order valence-electron chi connectivity index (χ0n) is 12.1. The second kappa shape index (κ2) is 7.45. The third kappa shape index (κ3) is 4.20. The molecular weight excluding hydrogens is 288 g/mol. The minimum absolute atomic E-state index is 0.0126. The van der Waals surface area contributed by atoms with E-state index in [0.717, 1.165) is 25.0 Å². The largest absolute Gasteiger partial charge is 0.352 e. The van der Waals surface area contributed by atoms with Crippen LogP contribution in [0.2, 0.25) is 0 Å². The Kier molecular flexibility index (Phi) is 5.61. The number of nitrogens with one attached hydrogen (secondary N) is 1. The van der Waals surface area contributed by atoms with Crippen LogP contribution in [-0.4, -0.2) is 27.9 Å². The van der Waals surface area contributed by atoms with E-state index in [1.807, 2.05) is 11.8 Å². The molecule has 0 unspecified atom stereocenters. The lowest BCUT2D eigenvalue weighted by Gasteiger charge is -2.20. The number of carbonyl (C=O) groups is 1. The van der Waals surface area contributed by atoms with E-state index in [0.29, 0.717) is 10.8 Å². The fraction of sp³-hybridized carbons (Fsp3) is 0.533. The molecule has 0 radical (unpaired) electrons. The fourth-order valence-corrected chi connectivity index (χ4v) is 3.97. The van der Waals surface area contributed by atoms with Gasteiger partial charge in [0, 0.05) is 22.9 Å². The van der Waals surface area contributed by atoms with Crippen molar-refractivity contribution < 1.29 is 9.72 Å². The summed E-state index contributed by atoms with van der Waals surface area (Å²) in [5.41, 5.74) is 0.483. The first-order valence-corrected chi connectivity index (χ1v) is 8.30. The maximum Gasteiger partial charge on any atom is 0.273 e. The lowest BCUT2D eigenvalue weighted by Crippen LogP contribution is -2.39. The highest BCUT2D eigenvalue weighted by Crippen LogP contribution is 2.30. The number of thioether (sulfide) groups is 1. The number of para-hydroxylation sites is 1. The van der Waals surface area contributed by atoms with Gasteiger partial charge >= 0.3 is 0 Å². The Hall–Kier alpha value is -1.56. The molecule has 2 atom stereocenters. The van der Waals surface area contributed by atoms with Crippen LogP contribution in [-0.2, 0) is 11.2 Å². The van der Waals surface area contributed by atoms with E-state index >= 15 is 0 Å². The SMILES string of the molecule is CCS[C@@H]1CCC[C@H]1NC(=O)Cc1ccccc1[N+](=O)[O-]. The molecule has 0 saturated heterocycles. The Morgan fingerprint density at radius 3 is 2.90 bits per heavy atom. The summed E-state index contributed by atoms with van der Waals surface area (Å²) in [4.78, 5) is 22.7. The molecule has 1 aromatic rings. The van der Waals surface area contributed by atoms with Gasteiger partial charge in [0.1, 0.15) is 0 Å².